The first-order valence-electron chi connectivity index (χ1n) is 5.54. The highest BCUT2D eigenvalue weighted by Gasteiger charge is 2.08. The zero-order valence-corrected chi connectivity index (χ0v) is 11.4. The minimum Gasteiger partial charge on any atom is -0.396 e. The van der Waals surface area contributed by atoms with Crippen LogP contribution in [0, 0.1) is 0 Å². The molecule has 0 bridgehead atoms. The van der Waals surface area contributed by atoms with Gasteiger partial charge >= 0.3 is 0 Å². The molecule has 1 unspecified atom stereocenters. The zero-order chi connectivity index (χ0) is 12.8. The molecule has 0 fully saturated rings. The molecule has 2 aromatic rings. The number of hydrogen-bond donors (Lipinski definition) is 1. The van der Waals surface area contributed by atoms with Crippen molar-refractivity contribution in [1.82, 2.24) is 4.98 Å². The highest BCUT2D eigenvalue weighted by molar-refractivity contribution is 8.00. The predicted octanol–water partition coefficient (Wildman–Crippen LogP) is 2.56. The maximum atomic E-state index is 12.0. The van der Waals surface area contributed by atoms with Gasteiger partial charge in [0.1, 0.15) is 5.03 Å². The Morgan fingerprint density at radius 3 is 2.67 bits per heavy atom. The Morgan fingerprint density at radius 1 is 1.17 bits per heavy atom. The van der Waals surface area contributed by atoms with Crippen molar-refractivity contribution in [2.24, 2.45) is 0 Å². The van der Waals surface area contributed by atoms with E-state index >= 15 is 0 Å². The van der Waals surface area contributed by atoms with Gasteiger partial charge in [-0.25, -0.2) is 4.98 Å². The molecule has 0 saturated carbocycles. The van der Waals surface area contributed by atoms with E-state index < -0.39 is 10.8 Å². The quantitative estimate of drug-likeness (QED) is 0.854. The smallest absolute Gasteiger partial charge is 0.150 e. The van der Waals surface area contributed by atoms with Crippen LogP contribution in [-0.4, -0.2) is 20.7 Å². The third-order valence-corrected chi connectivity index (χ3v) is 4.92. The van der Waals surface area contributed by atoms with Gasteiger partial charge in [-0.2, -0.15) is 0 Å². The molecule has 2 rings (SSSR count). The van der Waals surface area contributed by atoms with Gasteiger partial charge in [-0.15, -0.1) is 11.8 Å². The van der Waals surface area contributed by atoms with Crippen molar-refractivity contribution in [2.75, 3.05) is 17.2 Å². The number of anilines is 1. The van der Waals surface area contributed by atoms with Crippen LogP contribution >= 0.6 is 11.8 Å². The van der Waals surface area contributed by atoms with Crippen LogP contribution in [0.4, 0.5) is 5.69 Å². The minimum absolute atomic E-state index is 0.492. The summed E-state index contributed by atoms with van der Waals surface area (Å²) in [4.78, 5) is 5.25. The lowest BCUT2D eigenvalue weighted by Gasteiger charge is -2.04. The molecule has 1 aromatic heterocycles. The summed E-state index contributed by atoms with van der Waals surface area (Å²) < 4.78 is 12.0. The highest BCUT2D eigenvalue weighted by Crippen LogP contribution is 2.19. The molecule has 3 nitrogen and oxygen atoms in total. The molecule has 0 aliphatic carbocycles. The first-order valence-corrected chi connectivity index (χ1v) is 7.84. The van der Waals surface area contributed by atoms with Crippen molar-refractivity contribution in [1.29, 1.82) is 0 Å². The Morgan fingerprint density at radius 2 is 1.94 bits per heavy atom. The van der Waals surface area contributed by atoms with Gasteiger partial charge in [0.25, 0.3) is 0 Å². The van der Waals surface area contributed by atoms with Gasteiger partial charge in [0.05, 0.1) is 16.5 Å². The lowest BCUT2D eigenvalue weighted by Crippen LogP contribution is -2.05. The first-order chi connectivity index (χ1) is 8.77. The van der Waals surface area contributed by atoms with Gasteiger partial charge in [-0.3, -0.25) is 4.21 Å². The Labute approximate surface area is 113 Å². The Hall–Kier alpha value is -1.33. The van der Waals surface area contributed by atoms with E-state index in [1.54, 1.807) is 30.1 Å². The van der Waals surface area contributed by atoms with Crippen LogP contribution in [0.2, 0.25) is 0 Å². The fraction of sp³-hybridized carbons (Fsp3) is 0.154. The molecule has 18 heavy (non-hydrogen) atoms. The van der Waals surface area contributed by atoms with Crippen molar-refractivity contribution in [3.05, 3.63) is 48.7 Å². The van der Waals surface area contributed by atoms with E-state index in [4.69, 9.17) is 5.73 Å². The molecule has 94 valence electrons. The molecule has 5 heteroatoms. The Balaban J connectivity index is 1.88. The number of pyridine rings is 1. The lowest BCUT2D eigenvalue weighted by atomic mass is 10.4. The van der Waals surface area contributed by atoms with Gasteiger partial charge < -0.3 is 5.73 Å². The summed E-state index contributed by atoms with van der Waals surface area (Å²) in [5.41, 5.74) is 6.24. The second-order valence-electron chi connectivity index (χ2n) is 3.61. The summed E-state index contributed by atoms with van der Waals surface area (Å²) in [6, 6.07) is 13.5. The molecule has 1 atom stereocenters. The third kappa shape index (κ3) is 3.58. The van der Waals surface area contributed by atoms with Crippen LogP contribution in [0.25, 0.3) is 0 Å². The summed E-state index contributed by atoms with van der Waals surface area (Å²) in [7, 11) is -1.13. The Bertz CT molecular complexity index is 532. The van der Waals surface area contributed by atoms with Gasteiger partial charge in [0, 0.05) is 22.6 Å². The average Bonchev–Trinajstić information content (AvgIpc) is 2.40. The summed E-state index contributed by atoms with van der Waals surface area (Å²) in [6.45, 7) is 0. The molecule has 0 spiro atoms. The van der Waals surface area contributed by atoms with Gasteiger partial charge in [0.2, 0.25) is 0 Å². The van der Waals surface area contributed by atoms with Crippen molar-refractivity contribution < 1.29 is 4.21 Å². The number of rotatable bonds is 5. The zero-order valence-electron chi connectivity index (χ0n) is 9.78. The minimum atomic E-state index is -1.13. The third-order valence-electron chi connectivity index (χ3n) is 2.30. The second-order valence-corrected chi connectivity index (χ2v) is 6.26. The molecule has 1 aromatic carbocycles. The standard InChI is InChI=1S/C13H14N2OS2/c14-12-7-4-8-15-13(12)18(16)10-9-17-11-5-2-1-3-6-11/h1-8H,9-10,14H2. The van der Waals surface area contributed by atoms with Crippen LogP contribution in [0.1, 0.15) is 0 Å². The molecule has 0 radical (unpaired) electrons. The van der Waals surface area contributed by atoms with E-state index in [1.165, 1.54) is 4.90 Å². The largest absolute Gasteiger partial charge is 0.396 e. The lowest BCUT2D eigenvalue weighted by molar-refractivity contribution is 0.681. The van der Waals surface area contributed by atoms with Crippen LogP contribution in [0.15, 0.2) is 58.6 Å². The van der Waals surface area contributed by atoms with E-state index in [9.17, 15) is 4.21 Å². The SMILES string of the molecule is Nc1cccnc1S(=O)CCSc1ccccc1. The maximum absolute atomic E-state index is 12.0. The number of nitrogens with two attached hydrogens (primary N) is 1. The van der Waals surface area contributed by atoms with Crippen molar-refractivity contribution in [3.8, 4) is 0 Å². The average molecular weight is 278 g/mol. The molecule has 0 aliphatic heterocycles. The van der Waals surface area contributed by atoms with E-state index in [-0.39, 0.29) is 0 Å². The van der Waals surface area contributed by atoms with Crippen LogP contribution in [0.3, 0.4) is 0 Å². The fourth-order valence-electron chi connectivity index (χ4n) is 1.44. The number of nitrogens with zero attached hydrogens (tertiary/aromatic N) is 1. The van der Waals surface area contributed by atoms with E-state index in [0.717, 1.165) is 5.75 Å². The summed E-state index contributed by atoms with van der Waals surface area (Å²) in [6.07, 6.45) is 1.62. The topological polar surface area (TPSA) is 56.0 Å². The van der Waals surface area contributed by atoms with E-state index in [1.807, 2.05) is 30.3 Å². The fourth-order valence-corrected chi connectivity index (χ4v) is 3.67. The van der Waals surface area contributed by atoms with Crippen LogP contribution in [-0.2, 0) is 10.8 Å². The summed E-state index contributed by atoms with van der Waals surface area (Å²) in [5, 5.41) is 0.492. The highest BCUT2D eigenvalue weighted by atomic mass is 32.2. The number of nitrogen functional groups attached to an aromatic ring is 1. The number of benzene rings is 1. The normalized spacial score (nSPS) is 12.2. The summed E-state index contributed by atoms with van der Waals surface area (Å²) in [5.74, 6) is 1.34. The van der Waals surface area contributed by atoms with Crippen LogP contribution < -0.4 is 5.73 Å². The van der Waals surface area contributed by atoms with E-state index in [2.05, 4.69) is 4.98 Å². The Kier molecular flexibility index (Phi) is 4.78. The molecule has 0 saturated heterocycles. The van der Waals surface area contributed by atoms with Crippen molar-refractivity contribution in [3.63, 3.8) is 0 Å². The number of aromatic nitrogens is 1. The molecule has 2 N–H and O–H groups in total. The predicted molar refractivity (Wildman–Crippen MR) is 77.1 cm³/mol. The van der Waals surface area contributed by atoms with Crippen molar-refractivity contribution >= 4 is 28.2 Å². The first kappa shape index (κ1) is 13.1. The van der Waals surface area contributed by atoms with Gasteiger partial charge in [-0.05, 0) is 24.3 Å². The molecular weight excluding hydrogens is 264 g/mol. The summed E-state index contributed by atoms with van der Waals surface area (Å²) >= 11 is 1.69. The molecule has 0 amide bonds. The number of thioether (sulfide) groups is 1. The second kappa shape index (κ2) is 6.56. The molecular formula is C13H14N2OS2. The molecule has 0 aliphatic rings. The van der Waals surface area contributed by atoms with Crippen LogP contribution in [0.5, 0.6) is 0 Å². The maximum Gasteiger partial charge on any atom is 0.150 e. The van der Waals surface area contributed by atoms with Gasteiger partial charge in [-0.1, -0.05) is 18.2 Å². The monoisotopic (exact) mass is 278 g/mol. The van der Waals surface area contributed by atoms with E-state index in [0.29, 0.717) is 16.5 Å². The van der Waals surface area contributed by atoms with Gasteiger partial charge in [0.15, 0.2) is 0 Å². The molecule has 1 heterocycles. The number of hydrogen-bond acceptors (Lipinski definition) is 4. The van der Waals surface area contributed by atoms with Crippen molar-refractivity contribution in [2.45, 2.75) is 9.92 Å².